The minimum atomic E-state index is 0.0664. The van der Waals surface area contributed by atoms with E-state index in [0.29, 0.717) is 24.0 Å². The molecule has 0 spiro atoms. The molecule has 1 aliphatic carbocycles. The van der Waals surface area contributed by atoms with Gasteiger partial charge in [-0.3, -0.25) is 4.79 Å². The Morgan fingerprint density at radius 1 is 1.38 bits per heavy atom. The minimum absolute atomic E-state index is 0.0664. The van der Waals surface area contributed by atoms with Crippen molar-refractivity contribution in [3.05, 3.63) is 29.8 Å². The fourth-order valence-electron chi connectivity index (χ4n) is 2.90. The van der Waals surface area contributed by atoms with Crippen molar-refractivity contribution in [3.8, 4) is 5.75 Å². The highest BCUT2D eigenvalue weighted by molar-refractivity contribution is 6.18. The van der Waals surface area contributed by atoms with Gasteiger partial charge >= 0.3 is 0 Å². The van der Waals surface area contributed by atoms with Gasteiger partial charge in [0, 0.05) is 24.0 Å². The SMILES string of the molecule is CC(C)Oc1cccc(C(=O)N(CCCl)C2CCCC2)c1. The molecule has 2 rings (SSSR count). The molecule has 0 atom stereocenters. The number of benzene rings is 1. The summed E-state index contributed by atoms with van der Waals surface area (Å²) < 4.78 is 5.67. The molecule has 0 bridgehead atoms. The first-order valence-electron chi connectivity index (χ1n) is 7.75. The summed E-state index contributed by atoms with van der Waals surface area (Å²) in [4.78, 5) is 14.7. The first-order chi connectivity index (χ1) is 10.1. The number of hydrogen-bond acceptors (Lipinski definition) is 2. The second kappa shape index (κ2) is 7.69. The molecule has 21 heavy (non-hydrogen) atoms. The van der Waals surface area contributed by atoms with E-state index >= 15 is 0 Å². The van der Waals surface area contributed by atoms with E-state index in [2.05, 4.69) is 0 Å². The Morgan fingerprint density at radius 2 is 2.10 bits per heavy atom. The molecule has 3 nitrogen and oxygen atoms in total. The maximum Gasteiger partial charge on any atom is 0.254 e. The number of hydrogen-bond donors (Lipinski definition) is 0. The van der Waals surface area contributed by atoms with Crippen LogP contribution < -0.4 is 4.74 Å². The molecule has 0 heterocycles. The summed E-state index contributed by atoms with van der Waals surface area (Å²) in [6.07, 6.45) is 4.68. The van der Waals surface area contributed by atoms with Gasteiger partial charge in [0.2, 0.25) is 0 Å². The van der Waals surface area contributed by atoms with E-state index in [1.165, 1.54) is 12.8 Å². The van der Waals surface area contributed by atoms with Crippen LogP contribution in [0, 0.1) is 0 Å². The molecule has 1 saturated carbocycles. The van der Waals surface area contributed by atoms with E-state index in [1.807, 2.05) is 43.0 Å². The van der Waals surface area contributed by atoms with Crippen molar-refractivity contribution < 1.29 is 9.53 Å². The Balaban J connectivity index is 2.15. The first kappa shape index (κ1) is 16.2. The van der Waals surface area contributed by atoms with Crippen LogP contribution in [0.1, 0.15) is 49.9 Å². The molecule has 0 unspecified atom stereocenters. The van der Waals surface area contributed by atoms with Crippen molar-refractivity contribution in [1.29, 1.82) is 0 Å². The number of carbonyl (C=O) groups excluding carboxylic acids is 1. The van der Waals surface area contributed by atoms with Crippen LogP contribution >= 0.6 is 11.6 Å². The normalized spacial score (nSPS) is 15.4. The summed E-state index contributed by atoms with van der Waals surface area (Å²) in [5.74, 6) is 1.29. The van der Waals surface area contributed by atoms with Gasteiger partial charge in [-0.2, -0.15) is 0 Å². The Bertz CT molecular complexity index is 470. The average molecular weight is 310 g/mol. The second-order valence-corrected chi connectivity index (χ2v) is 6.20. The third kappa shape index (κ3) is 4.37. The zero-order valence-electron chi connectivity index (χ0n) is 12.8. The largest absolute Gasteiger partial charge is 0.491 e. The van der Waals surface area contributed by atoms with E-state index in [9.17, 15) is 4.79 Å². The number of rotatable bonds is 6. The molecule has 0 aliphatic heterocycles. The van der Waals surface area contributed by atoms with Crippen LogP contribution in [0.15, 0.2) is 24.3 Å². The molecule has 1 amide bonds. The van der Waals surface area contributed by atoms with Crippen LogP contribution in [-0.2, 0) is 0 Å². The van der Waals surface area contributed by atoms with Crippen molar-refractivity contribution in [2.45, 2.75) is 51.7 Å². The van der Waals surface area contributed by atoms with Crippen LogP contribution in [0.4, 0.5) is 0 Å². The van der Waals surface area contributed by atoms with Gasteiger partial charge in [-0.15, -0.1) is 11.6 Å². The topological polar surface area (TPSA) is 29.5 Å². The van der Waals surface area contributed by atoms with E-state index in [0.717, 1.165) is 18.6 Å². The Hall–Kier alpha value is -1.22. The molecule has 0 radical (unpaired) electrons. The minimum Gasteiger partial charge on any atom is -0.491 e. The van der Waals surface area contributed by atoms with Gasteiger partial charge in [-0.05, 0) is 44.9 Å². The number of amides is 1. The quantitative estimate of drug-likeness (QED) is 0.740. The maximum absolute atomic E-state index is 12.8. The van der Waals surface area contributed by atoms with Gasteiger partial charge in [-0.1, -0.05) is 18.9 Å². The lowest BCUT2D eigenvalue weighted by molar-refractivity contribution is 0.0694. The highest BCUT2D eigenvalue weighted by Gasteiger charge is 2.27. The summed E-state index contributed by atoms with van der Waals surface area (Å²) in [5, 5.41) is 0. The number of halogens is 1. The molecule has 116 valence electrons. The second-order valence-electron chi connectivity index (χ2n) is 5.82. The standard InChI is InChI=1S/C17H24ClNO2/c1-13(2)21-16-9-5-6-14(12-16)17(20)19(11-10-18)15-7-3-4-8-15/h5-6,9,12-13,15H,3-4,7-8,10-11H2,1-2H3. The van der Waals surface area contributed by atoms with Crippen LogP contribution in [-0.4, -0.2) is 35.4 Å². The van der Waals surface area contributed by atoms with Crippen molar-refractivity contribution in [2.24, 2.45) is 0 Å². The van der Waals surface area contributed by atoms with Gasteiger partial charge in [0.1, 0.15) is 5.75 Å². The lowest BCUT2D eigenvalue weighted by Crippen LogP contribution is -2.40. The molecule has 1 aromatic rings. The third-order valence-corrected chi connectivity index (χ3v) is 3.97. The Morgan fingerprint density at radius 3 is 2.71 bits per heavy atom. The van der Waals surface area contributed by atoms with Crippen molar-refractivity contribution in [3.63, 3.8) is 0 Å². The van der Waals surface area contributed by atoms with E-state index < -0.39 is 0 Å². The summed E-state index contributed by atoms with van der Waals surface area (Å²) in [6, 6.07) is 7.78. The average Bonchev–Trinajstić information content (AvgIpc) is 2.97. The van der Waals surface area contributed by atoms with E-state index in [-0.39, 0.29) is 12.0 Å². The third-order valence-electron chi connectivity index (χ3n) is 3.80. The molecule has 1 aliphatic rings. The highest BCUT2D eigenvalue weighted by atomic mass is 35.5. The lowest BCUT2D eigenvalue weighted by Gasteiger charge is -2.28. The molecule has 0 saturated heterocycles. The molecule has 1 aromatic carbocycles. The lowest BCUT2D eigenvalue weighted by atomic mass is 10.1. The van der Waals surface area contributed by atoms with Gasteiger partial charge < -0.3 is 9.64 Å². The summed E-state index contributed by atoms with van der Waals surface area (Å²) in [6.45, 7) is 4.57. The van der Waals surface area contributed by atoms with Crippen molar-refractivity contribution >= 4 is 17.5 Å². The predicted molar refractivity (Wildman–Crippen MR) is 86.2 cm³/mol. The summed E-state index contributed by atoms with van der Waals surface area (Å²) >= 11 is 5.89. The van der Waals surface area contributed by atoms with Crippen molar-refractivity contribution in [2.75, 3.05) is 12.4 Å². The molecule has 0 aromatic heterocycles. The smallest absolute Gasteiger partial charge is 0.254 e. The monoisotopic (exact) mass is 309 g/mol. The zero-order chi connectivity index (χ0) is 15.2. The van der Waals surface area contributed by atoms with Gasteiger partial charge in [0.25, 0.3) is 5.91 Å². The molecular formula is C17H24ClNO2. The van der Waals surface area contributed by atoms with Crippen LogP contribution in [0.5, 0.6) is 5.75 Å². The Labute approximate surface area is 132 Å². The molecule has 4 heteroatoms. The number of carbonyl (C=O) groups is 1. The fraction of sp³-hybridized carbons (Fsp3) is 0.588. The summed E-state index contributed by atoms with van der Waals surface area (Å²) in [5.41, 5.74) is 0.685. The van der Waals surface area contributed by atoms with Gasteiger partial charge in [0.05, 0.1) is 6.10 Å². The number of nitrogens with zero attached hydrogens (tertiary/aromatic N) is 1. The fourth-order valence-corrected chi connectivity index (χ4v) is 3.08. The van der Waals surface area contributed by atoms with Gasteiger partial charge in [-0.25, -0.2) is 0 Å². The highest BCUT2D eigenvalue weighted by Crippen LogP contribution is 2.26. The van der Waals surface area contributed by atoms with E-state index in [4.69, 9.17) is 16.3 Å². The van der Waals surface area contributed by atoms with Crippen molar-refractivity contribution in [1.82, 2.24) is 4.90 Å². The molecular weight excluding hydrogens is 286 g/mol. The summed E-state index contributed by atoms with van der Waals surface area (Å²) in [7, 11) is 0. The maximum atomic E-state index is 12.8. The van der Waals surface area contributed by atoms with Crippen LogP contribution in [0.2, 0.25) is 0 Å². The Kier molecular flexibility index (Phi) is 5.92. The van der Waals surface area contributed by atoms with Gasteiger partial charge in [0.15, 0.2) is 0 Å². The van der Waals surface area contributed by atoms with E-state index in [1.54, 1.807) is 0 Å². The number of alkyl halides is 1. The van der Waals surface area contributed by atoms with Crippen LogP contribution in [0.25, 0.3) is 0 Å². The zero-order valence-corrected chi connectivity index (χ0v) is 13.6. The predicted octanol–water partition coefficient (Wildman–Crippen LogP) is 4.10. The van der Waals surface area contributed by atoms with Crippen LogP contribution in [0.3, 0.4) is 0 Å². The first-order valence-corrected chi connectivity index (χ1v) is 8.29. The molecule has 1 fully saturated rings. The number of ether oxygens (including phenoxy) is 1. The molecule has 0 N–H and O–H groups in total.